The van der Waals surface area contributed by atoms with Crippen molar-refractivity contribution in [1.29, 1.82) is 0 Å². The van der Waals surface area contributed by atoms with E-state index < -0.39 is 0 Å². The number of hydrogen-bond acceptors (Lipinski definition) is 3. The van der Waals surface area contributed by atoms with Crippen LogP contribution in [0.15, 0.2) is 0 Å². The third kappa shape index (κ3) is 2.28. The van der Waals surface area contributed by atoms with Gasteiger partial charge < -0.3 is 9.84 Å². The van der Waals surface area contributed by atoms with E-state index in [9.17, 15) is 9.90 Å². The van der Waals surface area contributed by atoms with E-state index in [2.05, 4.69) is 0 Å². The summed E-state index contributed by atoms with van der Waals surface area (Å²) in [6, 6.07) is 0. The smallest absolute Gasteiger partial charge is 0.311 e. The van der Waals surface area contributed by atoms with Crippen molar-refractivity contribution in [3.63, 3.8) is 0 Å². The lowest BCUT2D eigenvalue weighted by molar-refractivity contribution is -0.166. The maximum Gasteiger partial charge on any atom is 0.311 e. The second-order valence-corrected chi connectivity index (χ2v) is 7.97. The summed E-state index contributed by atoms with van der Waals surface area (Å²) in [6.45, 7) is 6.56. The Morgan fingerprint density at radius 2 is 1.60 bits per heavy atom. The highest BCUT2D eigenvalue weighted by atomic mass is 16.5. The van der Waals surface area contributed by atoms with Crippen LogP contribution in [-0.4, -0.2) is 23.8 Å². The van der Waals surface area contributed by atoms with E-state index in [1.54, 1.807) is 0 Å². The van der Waals surface area contributed by atoms with Gasteiger partial charge in [-0.3, -0.25) is 4.79 Å². The van der Waals surface area contributed by atoms with Crippen molar-refractivity contribution in [2.45, 2.75) is 59.0 Å². The molecule has 0 spiro atoms. The zero-order valence-electron chi connectivity index (χ0n) is 13.0. The summed E-state index contributed by atoms with van der Waals surface area (Å²) in [6.07, 6.45) is 5.35. The number of carbonyl (C=O) groups is 1. The molecule has 4 aliphatic carbocycles. The van der Waals surface area contributed by atoms with E-state index >= 15 is 0 Å². The van der Waals surface area contributed by atoms with Crippen molar-refractivity contribution in [3.8, 4) is 0 Å². The van der Waals surface area contributed by atoms with Gasteiger partial charge in [-0.2, -0.15) is 0 Å². The van der Waals surface area contributed by atoms with Gasteiger partial charge in [-0.1, -0.05) is 6.92 Å². The number of hydrogen-bond donors (Lipinski definition) is 1. The highest BCUT2D eigenvalue weighted by molar-refractivity contribution is 5.75. The van der Waals surface area contributed by atoms with Gasteiger partial charge in [-0.05, 0) is 75.5 Å². The van der Waals surface area contributed by atoms with Crippen molar-refractivity contribution in [2.24, 2.45) is 35.0 Å². The van der Waals surface area contributed by atoms with Gasteiger partial charge in [0.05, 0.1) is 18.1 Å². The molecule has 0 radical (unpaired) electrons. The molecule has 4 saturated carbocycles. The molecule has 0 amide bonds. The maximum atomic E-state index is 12.1. The summed E-state index contributed by atoms with van der Waals surface area (Å²) in [7, 11) is 0. The first-order valence-electron chi connectivity index (χ1n) is 8.27. The molecule has 4 bridgehead atoms. The Morgan fingerprint density at radius 3 is 2.05 bits per heavy atom. The zero-order chi connectivity index (χ0) is 14.5. The van der Waals surface area contributed by atoms with Gasteiger partial charge in [-0.25, -0.2) is 0 Å². The number of aliphatic hydroxyl groups is 1. The normalized spacial score (nSPS) is 42.8. The van der Waals surface area contributed by atoms with E-state index in [4.69, 9.17) is 4.74 Å². The molecule has 4 aliphatic rings. The molecule has 0 aromatic heterocycles. The van der Waals surface area contributed by atoms with E-state index in [0.717, 1.165) is 32.1 Å². The topological polar surface area (TPSA) is 46.5 Å². The monoisotopic (exact) mass is 280 g/mol. The van der Waals surface area contributed by atoms with Gasteiger partial charge in [-0.15, -0.1) is 0 Å². The Kier molecular flexibility index (Phi) is 3.60. The second kappa shape index (κ2) is 5.01. The molecule has 0 heterocycles. The summed E-state index contributed by atoms with van der Waals surface area (Å²) in [5, 5.41) is 10.2. The van der Waals surface area contributed by atoms with E-state index in [-0.39, 0.29) is 17.5 Å². The summed E-state index contributed by atoms with van der Waals surface area (Å²) < 4.78 is 5.65. The highest BCUT2D eigenvalue weighted by Gasteiger charge is 2.52. The first kappa shape index (κ1) is 14.4. The van der Waals surface area contributed by atoms with Crippen molar-refractivity contribution in [2.75, 3.05) is 6.61 Å². The highest BCUT2D eigenvalue weighted by Crippen LogP contribution is 2.56. The lowest BCUT2D eigenvalue weighted by atomic mass is 9.51. The molecule has 4 fully saturated rings. The van der Waals surface area contributed by atoms with E-state index in [0.29, 0.717) is 36.2 Å². The molecule has 20 heavy (non-hydrogen) atoms. The number of aliphatic hydroxyl groups excluding tert-OH is 1. The number of esters is 1. The van der Waals surface area contributed by atoms with Gasteiger partial charge in [0.15, 0.2) is 0 Å². The fourth-order valence-electron chi connectivity index (χ4n) is 4.75. The molecule has 0 aromatic carbocycles. The standard InChI is InChI=1S/C17H28O3/c1-4-17(2,3)16(19)20-9-14-10-5-12-7-11(14)8-13(6-10)15(12)18/h10-15,18H,4-9H2,1-3H3. The minimum atomic E-state index is -0.359. The summed E-state index contributed by atoms with van der Waals surface area (Å²) in [4.78, 5) is 12.1. The van der Waals surface area contributed by atoms with E-state index in [1.807, 2.05) is 20.8 Å². The van der Waals surface area contributed by atoms with Crippen LogP contribution in [0, 0.1) is 35.0 Å². The van der Waals surface area contributed by atoms with Crippen LogP contribution in [0.2, 0.25) is 0 Å². The average Bonchev–Trinajstić information content (AvgIpc) is 2.41. The zero-order valence-corrected chi connectivity index (χ0v) is 13.0. The van der Waals surface area contributed by atoms with Crippen LogP contribution in [-0.2, 0) is 9.53 Å². The Hall–Kier alpha value is -0.570. The van der Waals surface area contributed by atoms with Crippen molar-refractivity contribution >= 4 is 5.97 Å². The molecule has 0 unspecified atom stereocenters. The lowest BCUT2D eigenvalue weighted by Gasteiger charge is -2.56. The second-order valence-electron chi connectivity index (χ2n) is 7.97. The SMILES string of the molecule is CCC(C)(C)C(=O)OCC1C2CC3CC1CC(C2)C3O. The number of rotatable bonds is 4. The van der Waals surface area contributed by atoms with Crippen molar-refractivity contribution in [1.82, 2.24) is 0 Å². The molecule has 114 valence electrons. The third-order valence-corrected chi connectivity index (χ3v) is 6.44. The molecule has 3 heteroatoms. The first-order chi connectivity index (χ1) is 9.42. The largest absolute Gasteiger partial charge is 0.465 e. The lowest BCUT2D eigenvalue weighted by Crippen LogP contribution is -2.53. The Morgan fingerprint density at radius 1 is 1.10 bits per heavy atom. The number of carbonyl (C=O) groups excluding carboxylic acids is 1. The van der Waals surface area contributed by atoms with Crippen LogP contribution < -0.4 is 0 Å². The number of ether oxygens (including phenoxy) is 1. The fourth-order valence-corrected chi connectivity index (χ4v) is 4.75. The van der Waals surface area contributed by atoms with Crippen LogP contribution >= 0.6 is 0 Å². The first-order valence-corrected chi connectivity index (χ1v) is 8.27. The predicted molar refractivity (Wildman–Crippen MR) is 77.0 cm³/mol. The quantitative estimate of drug-likeness (QED) is 0.805. The Labute approximate surface area is 122 Å². The molecule has 0 aliphatic heterocycles. The van der Waals surface area contributed by atoms with Crippen molar-refractivity contribution in [3.05, 3.63) is 0 Å². The molecule has 0 saturated heterocycles. The molecular weight excluding hydrogens is 252 g/mol. The molecule has 1 N–H and O–H groups in total. The van der Waals surface area contributed by atoms with Crippen LogP contribution in [0.25, 0.3) is 0 Å². The minimum absolute atomic E-state index is 0.0474. The van der Waals surface area contributed by atoms with Gasteiger partial charge >= 0.3 is 5.97 Å². The van der Waals surface area contributed by atoms with Crippen molar-refractivity contribution < 1.29 is 14.6 Å². The predicted octanol–water partition coefficient (Wildman–Crippen LogP) is 3.01. The summed E-state index contributed by atoms with van der Waals surface area (Å²) in [5.41, 5.74) is -0.359. The van der Waals surface area contributed by atoms with Crippen LogP contribution in [0.3, 0.4) is 0 Å². The van der Waals surface area contributed by atoms with E-state index in [1.165, 1.54) is 0 Å². The minimum Gasteiger partial charge on any atom is -0.465 e. The van der Waals surface area contributed by atoms with Crippen LogP contribution in [0.5, 0.6) is 0 Å². The van der Waals surface area contributed by atoms with Gasteiger partial charge in [0.25, 0.3) is 0 Å². The third-order valence-electron chi connectivity index (χ3n) is 6.44. The van der Waals surface area contributed by atoms with Crippen LogP contribution in [0.1, 0.15) is 52.9 Å². The van der Waals surface area contributed by atoms with Gasteiger partial charge in [0.1, 0.15) is 0 Å². The summed E-state index contributed by atoms with van der Waals surface area (Å²) in [5.74, 6) is 2.91. The maximum absolute atomic E-state index is 12.1. The Balaban J connectivity index is 1.59. The molecule has 4 rings (SSSR count). The van der Waals surface area contributed by atoms with Gasteiger partial charge in [0, 0.05) is 0 Å². The molecule has 0 atom stereocenters. The molecule has 0 aromatic rings. The fraction of sp³-hybridized carbons (Fsp3) is 0.941. The van der Waals surface area contributed by atoms with Crippen LogP contribution in [0.4, 0.5) is 0 Å². The Bertz CT molecular complexity index is 358. The molecular formula is C17H28O3. The summed E-state index contributed by atoms with van der Waals surface area (Å²) >= 11 is 0. The average molecular weight is 280 g/mol. The molecule has 3 nitrogen and oxygen atoms in total. The van der Waals surface area contributed by atoms with Gasteiger partial charge in [0.2, 0.25) is 0 Å².